The summed E-state index contributed by atoms with van der Waals surface area (Å²) < 4.78 is 33.9. The van der Waals surface area contributed by atoms with Crippen molar-refractivity contribution in [3.8, 4) is 5.75 Å². The average Bonchev–Trinajstić information content (AvgIpc) is 3.09. The molecule has 2 aliphatic rings. The molecule has 0 saturated heterocycles. The molecule has 0 unspecified atom stereocenters. The van der Waals surface area contributed by atoms with E-state index in [1.807, 2.05) is 24.3 Å². The molecular formula is C25H22N2O5S. The van der Waals surface area contributed by atoms with E-state index in [1.165, 1.54) is 23.5 Å². The molecule has 0 aliphatic carbocycles. The number of amides is 2. The van der Waals surface area contributed by atoms with Crippen LogP contribution in [0.5, 0.6) is 5.75 Å². The lowest BCUT2D eigenvalue weighted by Crippen LogP contribution is -2.46. The molecule has 0 radical (unpaired) electrons. The molecule has 0 N–H and O–H groups in total. The highest BCUT2D eigenvalue weighted by molar-refractivity contribution is 7.89. The lowest BCUT2D eigenvalue weighted by Gasteiger charge is -2.37. The first kappa shape index (κ1) is 21.4. The minimum Gasteiger partial charge on any atom is -0.497 e. The van der Waals surface area contributed by atoms with Gasteiger partial charge in [0.15, 0.2) is 0 Å². The maximum Gasteiger partial charge on any atom is 0.261 e. The number of hydrogen-bond donors (Lipinski definition) is 0. The summed E-state index contributed by atoms with van der Waals surface area (Å²) in [5.74, 6) is -0.249. The van der Waals surface area contributed by atoms with Crippen LogP contribution in [-0.2, 0) is 16.4 Å². The van der Waals surface area contributed by atoms with Gasteiger partial charge in [-0.1, -0.05) is 36.4 Å². The Labute approximate surface area is 192 Å². The van der Waals surface area contributed by atoms with Gasteiger partial charge in [-0.25, -0.2) is 8.42 Å². The monoisotopic (exact) mass is 462 g/mol. The molecule has 0 bridgehead atoms. The van der Waals surface area contributed by atoms with Crippen molar-refractivity contribution in [1.82, 2.24) is 9.21 Å². The molecule has 0 saturated carbocycles. The summed E-state index contributed by atoms with van der Waals surface area (Å²) in [4.78, 5) is 27.3. The molecule has 7 nitrogen and oxygen atoms in total. The molecule has 5 rings (SSSR count). The van der Waals surface area contributed by atoms with Crippen LogP contribution in [-0.4, -0.2) is 49.6 Å². The fraction of sp³-hybridized carbons (Fsp3) is 0.200. The predicted octanol–water partition coefficient (Wildman–Crippen LogP) is 3.28. The number of fused-ring (bicyclic) bond motifs is 2. The van der Waals surface area contributed by atoms with E-state index in [0.717, 1.165) is 16.0 Å². The van der Waals surface area contributed by atoms with E-state index in [9.17, 15) is 18.0 Å². The summed E-state index contributed by atoms with van der Waals surface area (Å²) in [6.07, 6.45) is 0.546. The fourth-order valence-corrected chi connectivity index (χ4v) is 6.16. The van der Waals surface area contributed by atoms with Gasteiger partial charge in [0.1, 0.15) is 5.75 Å². The molecule has 1 atom stereocenters. The van der Waals surface area contributed by atoms with Crippen LogP contribution in [0.15, 0.2) is 77.7 Å². The zero-order valence-corrected chi connectivity index (χ0v) is 18.8. The molecule has 2 heterocycles. The standard InChI is InChI=1S/C25H22N2O5S/c1-32-18-10-12-19(13-11-18)33(30,31)27-15-14-17-6-2-3-7-20(17)23(27)16-26-24(28)21-8-4-5-9-22(21)25(26)29/h2-13,23H,14-16H2,1H3/t23-/m0/s1. The molecule has 8 heteroatoms. The van der Waals surface area contributed by atoms with Crippen LogP contribution in [0.4, 0.5) is 0 Å². The molecule has 2 aliphatic heterocycles. The van der Waals surface area contributed by atoms with Gasteiger partial charge in [-0.05, 0) is 53.9 Å². The van der Waals surface area contributed by atoms with Gasteiger partial charge in [0.2, 0.25) is 10.0 Å². The number of carbonyl (C=O) groups excluding carboxylic acids is 2. The summed E-state index contributed by atoms with van der Waals surface area (Å²) in [6, 6.07) is 19.8. The van der Waals surface area contributed by atoms with E-state index in [4.69, 9.17) is 4.74 Å². The van der Waals surface area contributed by atoms with E-state index in [1.54, 1.807) is 36.4 Å². The van der Waals surface area contributed by atoms with Crippen molar-refractivity contribution in [3.05, 3.63) is 95.1 Å². The second-order valence-corrected chi connectivity index (χ2v) is 9.91. The molecule has 0 aromatic heterocycles. The van der Waals surface area contributed by atoms with E-state index in [2.05, 4.69) is 0 Å². The van der Waals surface area contributed by atoms with E-state index >= 15 is 0 Å². The first-order valence-corrected chi connectivity index (χ1v) is 12.0. The fourth-order valence-electron chi connectivity index (χ4n) is 4.57. The van der Waals surface area contributed by atoms with Crippen molar-refractivity contribution in [2.45, 2.75) is 17.4 Å². The van der Waals surface area contributed by atoms with Crippen LogP contribution in [0.1, 0.15) is 37.9 Å². The lowest BCUT2D eigenvalue weighted by atomic mass is 9.94. The van der Waals surface area contributed by atoms with E-state index in [-0.39, 0.29) is 18.0 Å². The molecule has 2 amide bonds. The van der Waals surface area contributed by atoms with Crippen molar-refractivity contribution in [2.24, 2.45) is 0 Å². The van der Waals surface area contributed by atoms with Crippen LogP contribution < -0.4 is 4.74 Å². The number of imide groups is 1. The Kier molecular flexibility index (Phi) is 5.26. The van der Waals surface area contributed by atoms with Crippen molar-refractivity contribution < 1.29 is 22.7 Å². The summed E-state index contributed by atoms with van der Waals surface area (Å²) in [5, 5.41) is 0. The van der Waals surface area contributed by atoms with Crippen LogP contribution >= 0.6 is 0 Å². The molecule has 3 aromatic carbocycles. The number of sulfonamides is 1. The third kappa shape index (κ3) is 3.51. The van der Waals surface area contributed by atoms with Gasteiger partial charge < -0.3 is 4.74 Å². The second kappa shape index (κ2) is 8.13. The minimum atomic E-state index is -3.89. The summed E-state index contributed by atoms with van der Waals surface area (Å²) in [7, 11) is -2.38. The Hall–Kier alpha value is -3.49. The number of hydrogen-bond acceptors (Lipinski definition) is 5. The highest BCUT2D eigenvalue weighted by Crippen LogP contribution is 2.36. The number of benzene rings is 3. The molecule has 168 valence electrons. The Morgan fingerprint density at radius 3 is 2.12 bits per heavy atom. The molecule has 0 fully saturated rings. The number of methoxy groups -OCH3 is 1. The lowest BCUT2D eigenvalue weighted by molar-refractivity contribution is 0.0616. The van der Waals surface area contributed by atoms with Crippen molar-refractivity contribution >= 4 is 21.8 Å². The number of carbonyl (C=O) groups is 2. The SMILES string of the molecule is COc1ccc(S(=O)(=O)N2CCc3ccccc3[C@@H]2CN2C(=O)c3ccccc3C2=O)cc1. The van der Waals surface area contributed by atoms with Gasteiger partial charge in [-0.3, -0.25) is 14.5 Å². The summed E-state index contributed by atoms with van der Waals surface area (Å²) in [5.41, 5.74) is 2.50. The van der Waals surface area contributed by atoms with Crippen molar-refractivity contribution in [3.63, 3.8) is 0 Å². The maximum absolute atomic E-state index is 13.7. The third-order valence-electron chi connectivity index (χ3n) is 6.26. The number of nitrogens with zero attached hydrogens (tertiary/aromatic N) is 2. The highest BCUT2D eigenvalue weighted by Gasteiger charge is 2.42. The average molecular weight is 463 g/mol. The van der Waals surface area contributed by atoms with Crippen molar-refractivity contribution in [1.29, 1.82) is 0 Å². The zero-order valence-electron chi connectivity index (χ0n) is 18.0. The van der Waals surface area contributed by atoms with Crippen LogP contribution in [0, 0.1) is 0 Å². The molecule has 3 aromatic rings. The van der Waals surface area contributed by atoms with Gasteiger partial charge in [-0.2, -0.15) is 4.31 Å². The summed E-state index contributed by atoms with van der Waals surface area (Å²) in [6.45, 7) is 0.192. The molecule has 0 spiro atoms. The Morgan fingerprint density at radius 1 is 0.879 bits per heavy atom. The van der Waals surface area contributed by atoms with Crippen LogP contribution in [0.2, 0.25) is 0 Å². The van der Waals surface area contributed by atoms with Crippen LogP contribution in [0.25, 0.3) is 0 Å². The Bertz CT molecular complexity index is 1320. The first-order chi connectivity index (χ1) is 15.9. The van der Waals surface area contributed by atoms with Gasteiger partial charge >= 0.3 is 0 Å². The van der Waals surface area contributed by atoms with Gasteiger partial charge in [-0.15, -0.1) is 0 Å². The smallest absolute Gasteiger partial charge is 0.261 e. The topological polar surface area (TPSA) is 84.0 Å². The van der Waals surface area contributed by atoms with Crippen LogP contribution in [0.3, 0.4) is 0 Å². The third-order valence-corrected chi connectivity index (χ3v) is 8.19. The summed E-state index contributed by atoms with van der Waals surface area (Å²) >= 11 is 0. The van der Waals surface area contributed by atoms with E-state index in [0.29, 0.717) is 23.3 Å². The van der Waals surface area contributed by atoms with Gasteiger partial charge in [0, 0.05) is 6.54 Å². The minimum absolute atomic E-state index is 0.0568. The first-order valence-electron chi connectivity index (χ1n) is 10.6. The second-order valence-electron chi connectivity index (χ2n) is 8.02. The van der Waals surface area contributed by atoms with E-state index < -0.39 is 27.9 Å². The Morgan fingerprint density at radius 2 is 1.48 bits per heavy atom. The van der Waals surface area contributed by atoms with Gasteiger partial charge in [0.05, 0.1) is 35.7 Å². The normalized spacial score (nSPS) is 18.2. The number of rotatable bonds is 5. The highest BCUT2D eigenvalue weighted by atomic mass is 32.2. The Balaban J connectivity index is 1.55. The predicted molar refractivity (Wildman–Crippen MR) is 122 cm³/mol. The largest absolute Gasteiger partial charge is 0.497 e. The zero-order chi connectivity index (χ0) is 23.2. The number of ether oxygens (including phenoxy) is 1. The molecular weight excluding hydrogens is 440 g/mol. The quantitative estimate of drug-likeness (QED) is 0.544. The van der Waals surface area contributed by atoms with Gasteiger partial charge in [0.25, 0.3) is 11.8 Å². The maximum atomic E-state index is 13.7. The molecule has 33 heavy (non-hydrogen) atoms. The van der Waals surface area contributed by atoms with Crippen molar-refractivity contribution in [2.75, 3.05) is 20.2 Å².